The largest absolute Gasteiger partial charge is 0.497 e. The number of carbonyl (C=O) groups excluding carboxylic acids is 2. The highest BCUT2D eigenvalue weighted by atomic mass is 32.1. The van der Waals surface area contributed by atoms with Crippen molar-refractivity contribution in [2.24, 2.45) is 0 Å². The Morgan fingerprint density at radius 1 is 1.14 bits per heavy atom. The molecule has 1 saturated heterocycles. The van der Waals surface area contributed by atoms with Crippen molar-refractivity contribution in [2.45, 2.75) is 31.7 Å². The molecule has 7 heteroatoms. The predicted molar refractivity (Wildman–Crippen MR) is 111 cm³/mol. The smallest absolute Gasteiger partial charge is 0.270 e. The Labute approximate surface area is 168 Å². The fourth-order valence-electron chi connectivity index (χ4n) is 3.74. The van der Waals surface area contributed by atoms with Crippen LogP contribution in [0.4, 0.5) is 5.69 Å². The van der Waals surface area contributed by atoms with Crippen LogP contribution in [-0.2, 0) is 9.59 Å². The highest BCUT2D eigenvalue weighted by Crippen LogP contribution is 2.30. The number of carbonyl (C=O) groups is 2. The van der Waals surface area contributed by atoms with Crippen LogP contribution in [0.15, 0.2) is 48.3 Å². The number of hydrogen-bond acceptors (Lipinski definition) is 4. The molecule has 0 atom stereocenters. The fraction of sp³-hybridized carbons (Fsp3) is 0.286. The lowest BCUT2D eigenvalue weighted by molar-refractivity contribution is -0.122. The summed E-state index contributed by atoms with van der Waals surface area (Å²) in [5.74, 6) is -0.243. The maximum Gasteiger partial charge on any atom is 0.270 e. The molecule has 1 aromatic carbocycles. The molecule has 1 aromatic heterocycles. The Balaban J connectivity index is 1.62. The molecule has 2 aromatic rings. The zero-order valence-electron chi connectivity index (χ0n) is 15.6. The molecule has 0 spiro atoms. The lowest BCUT2D eigenvalue weighted by atomic mass is 10.1. The molecule has 2 aliphatic rings. The average Bonchev–Trinajstić information content (AvgIpc) is 3.37. The molecule has 28 heavy (non-hydrogen) atoms. The van der Waals surface area contributed by atoms with Crippen LogP contribution in [-0.4, -0.2) is 28.6 Å². The minimum atomic E-state index is -0.478. The van der Waals surface area contributed by atoms with Gasteiger partial charge in [-0.2, -0.15) is 0 Å². The molecular formula is C21H21N3O3S. The Morgan fingerprint density at radius 3 is 2.54 bits per heavy atom. The van der Waals surface area contributed by atoms with E-state index < -0.39 is 11.8 Å². The van der Waals surface area contributed by atoms with E-state index >= 15 is 0 Å². The number of benzene rings is 1. The van der Waals surface area contributed by atoms with Crippen molar-refractivity contribution in [3.05, 3.63) is 53.9 Å². The van der Waals surface area contributed by atoms with Gasteiger partial charge in [-0.1, -0.05) is 12.8 Å². The van der Waals surface area contributed by atoms with Crippen LogP contribution in [0.25, 0.3) is 6.08 Å². The highest BCUT2D eigenvalue weighted by molar-refractivity contribution is 7.80. The molecule has 2 amide bonds. The summed E-state index contributed by atoms with van der Waals surface area (Å²) < 4.78 is 7.33. The third kappa shape index (κ3) is 3.45. The maximum absolute atomic E-state index is 13.0. The van der Waals surface area contributed by atoms with E-state index in [-0.39, 0.29) is 10.7 Å². The first-order valence-corrected chi connectivity index (χ1v) is 9.70. The van der Waals surface area contributed by atoms with Crippen LogP contribution in [0.2, 0.25) is 0 Å². The number of ether oxygens (including phenoxy) is 1. The van der Waals surface area contributed by atoms with Crippen LogP contribution in [0.3, 0.4) is 0 Å². The summed E-state index contributed by atoms with van der Waals surface area (Å²) in [6.45, 7) is 0. The van der Waals surface area contributed by atoms with Crippen molar-refractivity contribution in [3.63, 3.8) is 0 Å². The van der Waals surface area contributed by atoms with Crippen molar-refractivity contribution >= 4 is 40.9 Å². The van der Waals surface area contributed by atoms with Crippen molar-refractivity contribution < 1.29 is 14.3 Å². The molecule has 1 saturated carbocycles. The van der Waals surface area contributed by atoms with Gasteiger partial charge in [-0.15, -0.1) is 0 Å². The average molecular weight is 395 g/mol. The number of rotatable bonds is 4. The van der Waals surface area contributed by atoms with Crippen LogP contribution in [0.1, 0.15) is 37.3 Å². The quantitative estimate of drug-likeness (QED) is 0.489. The van der Waals surface area contributed by atoms with Crippen molar-refractivity contribution in [1.82, 2.24) is 9.88 Å². The van der Waals surface area contributed by atoms with E-state index in [9.17, 15) is 9.59 Å². The molecule has 0 unspecified atom stereocenters. The van der Waals surface area contributed by atoms with E-state index in [1.54, 1.807) is 37.5 Å². The maximum atomic E-state index is 13.0. The summed E-state index contributed by atoms with van der Waals surface area (Å²) in [6.07, 6.45) is 10.5. The van der Waals surface area contributed by atoms with Crippen LogP contribution in [0, 0.1) is 0 Å². The number of thiocarbonyl (C=S) groups is 1. The molecular weight excluding hydrogens is 374 g/mol. The molecule has 1 aliphatic carbocycles. The van der Waals surface area contributed by atoms with E-state index in [2.05, 4.69) is 9.88 Å². The topological polar surface area (TPSA) is 63.6 Å². The number of nitrogens with zero attached hydrogens (tertiary/aromatic N) is 2. The van der Waals surface area contributed by atoms with Gasteiger partial charge in [0.25, 0.3) is 11.8 Å². The Morgan fingerprint density at radius 2 is 1.86 bits per heavy atom. The monoisotopic (exact) mass is 395 g/mol. The number of hydrogen-bond donors (Lipinski definition) is 1. The van der Waals surface area contributed by atoms with Gasteiger partial charge in [-0.25, -0.2) is 0 Å². The first-order valence-electron chi connectivity index (χ1n) is 9.30. The molecule has 0 radical (unpaired) electrons. The highest BCUT2D eigenvalue weighted by Gasteiger charge is 2.34. The number of nitrogens with one attached hydrogen (secondary N) is 1. The van der Waals surface area contributed by atoms with Gasteiger partial charge in [0.05, 0.1) is 12.8 Å². The van der Waals surface area contributed by atoms with E-state index in [1.807, 2.05) is 18.5 Å². The number of methoxy groups -OCH3 is 1. The van der Waals surface area contributed by atoms with E-state index in [0.29, 0.717) is 17.5 Å². The molecule has 2 fully saturated rings. The summed E-state index contributed by atoms with van der Waals surface area (Å²) in [6, 6.07) is 9.38. The number of amides is 2. The van der Waals surface area contributed by atoms with Gasteiger partial charge in [0, 0.05) is 18.4 Å². The van der Waals surface area contributed by atoms with Gasteiger partial charge < -0.3 is 9.30 Å². The fourth-order valence-corrected chi connectivity index (χ4v) is 4.02. The summed E-state index contributed by atoms with van der Waals surface area (Å²) in [7, 11) is 1.57. The second-order valence-electron chi connectivity index (χ2n) is 6.99. The predicted octanol–water partition coefficient (Wildman–Crippen LogP) is 3.44. The Hall–Kier alpha value is -2.93. The Kier molecular flexibility index (Phi) is 5.00. The molecule has 0 bridgehead atoms. The van der Waals surface area contributed by atoms with Crippen molar-refractivity contribution in [2.75, 3.05) is 12.0 Å². The van der Waals surface area contributed by atoms with Crippen LogP contribution >= 0.6 is 12.2 Å². The molecule has 144 valence electrons. The first kappa shape index (κ1) is 18.4. The van der Waals surface area contributed by atoms with E-state index in [4.69, 9.17) is 17.0 Å². The van der Waals surface area contributed by atoms with Gasteiger partial charge in [0.2, 0.25) is 0 Å². The molecule has 1 aliphatic heterocycles. The molecule has 2 heterocycles. The van der Waals surface area contributed by atoms with Crippen LogP contribution < -0.4 is 15.0 Å². The van der Waals surface area contributed by atoms with E-state index in [0.717, 1.165) is 5.56 Å². The van der Waals surface area contributed by atoms with Gasteiger partial charge in [-0.3, -0.25) is 19.8 Å². The normalized spacial score (nSPS) is 19.4. The third-order valence-corrected chi connectivity index (χ3v) is 5.51. The molecule has 6 nitrogen and oxygen atoms in total. The summed E-state index contributed by atoms with van der Waals surface area (Å²) in [4.78, 5) is 26.8. The standard InChI is InChI=1S/C21H21N3O3S/c1-27-17-8-6-16(7-9-17)24-20(26)18(19(25)22-21(24)28)12-14-10-11-23(13-14)15-4-2-3-5-15/h6-13,15H,2-5H2,1H3,(H,22,25,28)/b18-12-. The van der Waals surface area contributed by atoms with Crippen LogP contribution in [0.5, 0.6) is 5.75 Å². The first-order chi connectivity index (χ1) is 13.6. The molecule has 1 N–H and O–H groups in total. The van der Waals surface area contributed by atoms with Crippen molar-refractivity contribution in [3.8, 4) is 5.75 Å². The zero-order valence-corrected chi connectivity index (χ0v) is 16.4. The van der Waals surface area contributed by atoms with Gasteiger partial charge >= 0.3 is 0 Å². The second kappa shape index (κ2) is 7.59. The SMILES string of the molecule is COc1ccc(N2C(=O)/C(=C\c3ccn(C4CCCC4)c3)C(=O)NC2=S)cc1. The van der Waals surface area contributed by atoms with Gasteiger partial charge in [0.15, 0.2) is 5.11 Å². The summed E-state index contributed by atoms with van der Waals surface area (Å²) in [5.41, 5.74) is 1.46. The summed E-state index contributed by atoms with van der Waals surface area (Å²) >= 11 is 5.23. The van der Waals surface area contributed by atoms with Crippen molar-refractivity contribution in [1.29, 1.82) is 0 Å². The third-order valence-electron chi connectivity index (χ3n) is 5.23. The number of aromatic nitrogens is 1. The zero-order chi connectivity index (χ0) is 19.7. The van der Waals surface area contributed by atoms with E-state index in [1.165, 1.54) is 30.6 Å². The minimum absolute atomic E-state index is 0.0635. The van der Waals surface area contributed by atoms with Gasteiger partial charge in [0.1, 0.15) is 11.3 Å². The summed E-state index contributed by atoms with van der Waals surface area (Å²) in [5, 5.41) is 2.68. The minimum Gasteiger partial charge on any atom is -0.497 e. The Bertz CT molecular complexity index is 956. The second-order valence-corrected chi connectivity index (χ2v) is 7.37. The molecule has 4 rings (SSSR count). The number of anilines is 1. The van der Waals surface area contributed by atoms with Gasteiger partial charge in [-0.05, 0) is 67.0 Å². The lowest BCUT2D eigenvalue weighted by Crippen LogP contribution is -2.54. The lowest BCUT2D eigenvalue weighted by Gasteiger charge is -2.28.